The van der Waals surface area contributed by atoms with Crippen molar-refractivity contribution in [2.75, 3.05) is 27.9 Å². The maximum absolute atomic E-state index is 10.1. The fraction of sp³-hybridized carbons (Fsp3) is 0.667. The summed E-state index contributed by atoms with van der Waals surface area (Å²) in [5, 5.41) is 9.96. The second-order valence-electron chi connectivity index (χ2n) is 1.65. The first-order chi connectivity index (χ1) is 5.58. The number of hydrogen-bond donors (Lipinski definition) is 2. The van der Waals surface area contributed by atoms with Crippen LogP contribution in [0.3, 0.4) is 0 Å². The Hall–Kier alpha value is -1.30. The normalized spacial score (nSPS) is 7.58. The standard InChI is InChI=1S/C4H7NO4.C2H6O/c1-9-4(8)5-2-3(6)7;1-3-2/h2H2,1H3,(H,5,8)(H,6,7);1-2H3. The van der Waals surface area contributed by atoms with Gasteiger partial charge in [0, 0.05) is 14.2 Å². The molecule has 0 aliphatic heterocycles. The van der Waals surface area contributed by atoms with Gasteiger partial charge in [0.15, 0.2) is 0 Å². The highest BCUT2D eigenvalue weighted by Crippen LogP contribution is 1.68. The SMILES string of the molecule is COC.COC(=O)NCC(=O)O. The van der Waals surface area contributed by atoms with Gasteiger partial charge in [-0.05, 0) is 0 Å². The van der Waals surface area contributed by atoms with Gasteiger partial charge in [0.1, 0.15) is 6.54 Å². The molecule has 12 heavy (non-hydrogen) atoms. The molecule has 0 aromatic carbocycles. The Morgan fingerprint density at radius 3 is 2.00 bits per heavy atom. The summed E-state index contributed by atoms with van der Waals surface area (Å²) in [6, 6.07) is 0. The largest absolute Gasteiger partial charge is 0.480 e. The van der Waals surface area contributed by atoms with E-state index in [0.29, 0.717) is 0 Å². The van der Waals surface area contributed by atoms with Crippen LogP contribution in [0.5, 0.6) is 0 Å². The van der Waals surface area contributed by atoms with Crippen molar-refractivity contribution in [3.63, 3.8) is 0 Å². The molecular weight excluding hydrogens is 166 g/mol. The maximum atomic E-state index is 10.1. The molecule has 1 amide bonds. The molecule has 0 unspecified atom stereocenters. The van der Waals surface area contributed by atoms with E-state index in [1.54, 1.807) is 14.2 Å². The number of carbonyl (C=O) groups excluding carboxylic acids is 1. The number of hydrogen-bond acceptors (Lipinski definition) is 4. The van der Waals surface area contributed by atoms with Gasteiger partial charge in [-0.3, -0.25) is 4.79 Å². The second kappa shape index (κ2) is 9.70. The Labute approximate surface area is 70.5 Å². The Balaban J connectivity index is 0. The van der Waals surface area contributed by atoms with E-state index in [1.165, 1.54) is 0 Å². The zero-order chi connectivity index (χ0) is 9.98. The number of alkyl carbamates (subject to hydrolysis) is 1. The Bertz CT molecular complexity index is 136. The van der Waals surface area contributed by atoms with Crippen molar-refractivity contribution in [2.45, 2.75) is 0 Å². The quantitative estimate of drug-likeness (QED) is 0.607. The number of nitrogens with one attached hydrogen (secondary N) is 1. The van der Waals surface area contributed by atoms with Gasteiger partial charge >= 0.3 is 12.1 Å². The number of amides is 1. The van der Waals surface area contributed by atoms with Crippen LogP contribution in [0, 0.1) is 0 Å². The van der Waals surface area contributed by atoms with Gasteiger partial charge in [-0.1, -0.05) is 0 Å². The lowest BCUT2D eigenvalue weighted by molar-refractivity contribution is -0.135. The predicted octanol–water partition coefficient (Wildman–Crippen LogP) is -0.310. The summed E-state index contributed by atoms with van der Waals surface area (Å²) in [5.41, 5.74) is 0. The molecule has 0 aromatic rings. The molecule has 0 spiro atoms. The zero-order valence-corrected chi connectivity index (χ0v) is 7.29. The van der Waals surface area contributed by atoms with Crippen LogP contribution < -0.4 is 5.32 Å². The molecule has 0 bridgehead atoms. The highest BCUT2D eigenvalue weighted by molar-refractivity contribution is 5.76. The monoisotopic (exact) mass is 179 g/mol. The first kappa shape index (κ1) is 13.3. The molecule has 0 rings (SSSR count). The van der Waals surface area contributed by atoms with Gasteiger partial charge in [-0.15, -0.1) is 0 Å². The van der Waals surface area contributed by atoms with Gasteiger partial charge in [-0.2, -0.15) is 0 Å². The van der Waals surface area contributed by atoms with E-state index in [4.69, 9.17) is 5.11 Å². The van der Waals surface area contributed by atoms with E-state index in [9.17, 15) is 9.59 Å². The van der Waals surface area contributed by atoms with E-state index in [2.05, 4.69) is 9.47 Å². The number of aliphatic carboxylic acids is 1. The van der Waals surface area contributed by atoms with Crippen molar-refractivity contribution in [2.24, 2.45) is 0 Å². The Kier molecular flexibility index (Phi) is 10.8. The van der Waals surface area contributed by atoms with E-state index in [0.717, 1.165) is 7.11 Å². The molecular formula is C6H13NO5. The summed E-state index contributed by atoms with van der Waals surface area (Å²) in [5.74, 6) is -1.10. The first-order valence-electron chi connectivity index (χ1n) is 3.02. The van der Waals surface area contributed by atoms with Crippen molar-refractivity contribution >= 4 is 12.1 Å². The summed E-state index contributed by atoms with van der Waals surface area (Å²) in [4.78, 5) is 19.9. The summed E-state index contributed by atoms with van der Waals surface area (Å²) >= 11 is 0. The van der Waals surface area contributed by atoms with Crippen LogP contribution in [0.2, 0.25) is 0 Å². The highest BCUT2D eigenvalue weighted by atomic mass is 16.5. The maximum Gasteiger partial charge on any atom is 0.407 e. The van der Waals surface area contributed by atoms with Crippen molar-refractivity contribution in [1.29, 1.82) is 0 Å². The third-order valence-corrected chi connectivity index (χ3v) is 0.569. The van der Waals surface area contributed by atoms with Crippen molar-refractivity contribution in [3.05, 3.63) is 0 Å². The van der Waals surface area contributed by atoms with E-state index in [-0.39, 0.29) is 0 Å². The van der Waals surface area contributed by atoms with Crippen LogP contribution in [0.25, 0.3) is 0 Å². The van der Waals surface area contributed by atoms with Crippen LogP contribution >= 0.6 is 0 Å². The molecule has 0 fully saturated rings. The van der Waals surface area contributed by atoms with Crippen LogP contribution in [0.15, 0.2) is 0 Å². The number of carboxylic acids is 1. The average Bonchev–Trinajstić information content (AvgIpc) is 2.01. The molecule has 0 saturated heterocycles. The third-order valence-electron chi connectivity index (χ3n) is 0.569. The number of rotatable bonds is 2. The van der Waals surface area contributed by atoms with Crippen LogP contribution in [-0.4, -0.2) is 45.0 Å². The van der Waals surface area contributed by atoms with Crippen molar-refractivity contribution in [3.8, 4) is 0 Å². The molecule has 2 N–H and O–H groups in total. The number of methoxy groups -OCH3 is 2. The number of ether oxygens (including phenoxy) is 2. The van der Waals surface area contributed by atoms with Crippen LogP contribution in [0.1, 0.15) is 0 Å². The second-order valence-corrected chi connectivity index (χ2v) is 1.65. The molecule has 6 nitrogen and oxygen atoms in total. The van der Waals surface area contributed by atoms with E-state index >= 15 is 0 Å². The van der Waals surface area contributed by atoms with E-state index < -0.39 is 18.6 Å². The number of carbonyl (C=O) groups is 2. The molecule has 0 saturated carbocycles. The molecule has 6 heteroatoms. The Morgan fingerprint density at radius 1 is 1.33 bits per heavy atom. The molecule has 0 aliphatic carbocycles. The van der Waals surface area contributed by atoms with Crippen LogP contribution in [0.4, 0.5) is 4.79 Å². The first-order valence-corrected chi connectivity index (χ1v) is 3.02. The molecule has 0 radical (unpaired) electrons. The lowest BCUT2D eigenvalue weighted by Gasteiger charge is -1.96. The van der Waals surface area contributed by atoms with Crippen LogP contribution in [-0.2, 0) is 14.3 Å². The average molecular weight is 179 g/mol. The summed E-state index contributed by atoms with van der Waals surface area (Å²) in [6.45, 7) is -0.410. The topological polar surface area (TPSA) is 84.9 Å². The van der Waals surface area contributed by atoms with Gasteiger partial charge in [0.25, 0.3) is 0 Å². The van der Waals surface area contributed by atoms with Gasteiger partial charge in [0.05, 0.1) is 7.11 Å². The smallest absolute Gasteiger partial charge is 0.407 e. The van der Waals surface area contributed by atoms with Crippen molar-refractivity contribution < 1.29 is 24.2 Å². The molecule has 0 heterocycles. The van der Waals surface area contributed by atoms with E-state index in [1.807, 2.05) is 5.32 Å². The fourth-order valence-electron chi connectivity index (χ4n) is 0.220. The fourth-order valence-corrected chi connectivity index (χ4v) is 0.220. The minimum Gasteiger partial charge on any atom is -0.480 e. The minimum absolute atomic E-state index is 0.410. The third kappa shape index (κ3) is 15.9. The summed E-state index contributed by atoms with van der Waals surface area (Å²) < 4.78 is 8.34. The molecule has 0 atom stereocenters. The van der Waals surface area contributed by atoms with Gasteiger partial charge in [-0.25, -0.2) is 4.79 Å². The molecule has 72 valence electrons. The Morgan fingerprint density at radius 2 is 1.75 bits per heavy atom. The highest BCUT2D eigenvalue weighted by Gasteiger charge is 1.99. The number of carboxylic acid groups (broad SMARTS) is 1. The zero-order valence-electron chi connectivity index (χ0n) is 7.29. The lowest BCUT2D eigenvalue weighted by Crippen LogP contribution is -2.28. The van der Waals surface area contributed by atoms with Gasteiger partial charge < -0.3 is 19.9 Å². The minimum atomic E-state index is -1.10. The summed E-state index contributed by atoms with van der Waals surface area (Å²) in [6.07, 6.45) is -0.739. The molecule has 0 aromatic heterocycles. The predicted molar refractivity (Wildman–Crippen MR) is 41.0 cm³/mol. The van der Waals surface area contributed by atoms with Gasteiger partial charge in [0.2, 0.25) is 0 Å². The van der Waals surface area contributed by atoms with Crippen molar-refractivity contribution in [1.82, 2.24) is 5.32 Å². The molecule has 0 aliphatic rings. The summed E-state index contributed by atoms with van der Waals surface area (Å²) in [7, 11) is 4.41. The lowest BCUT2D eigenvalue weighted by atomic mass is 10.7.